The minimum absolute atomic E-state index is 0.181. The first-order chi connectivity index (χ1) is 10.4. The maximum absolute atomic E-state index is 13.2. The van der Waals surface area contributed by atoms with Crippen LogP contribution < -0.4 is 4.90 Å². The van der Waals surface area contributed by atoms with Crippen molar-refractivity contribution in [1.29, 1.82) is 0 Å². The van der Waals surface area contributed by atoms with Crippen LogP contribution in [0, 0.1) is 0 Å². The standard InChI is InChI=1S/C12H10BrF3N2O3S2/c1-23(20,21)9-5-11(19,12(14,15)16)17-10-18(9)7-3-2-6(13)4-8(7)22-10/h2-4,9,19H,5H2,1H3/t9-,11-/m1/s1. The number of rotatable bonds is 1. The van der Waals surface area contributed by atoms with Crippen molar-refractivity contribution in [3.05, 3.63) is 22.7 Å². The highest BCUT2D eigenvalue weighted by Gasteiger charge is 2.60. The number of nitrogens with zero attached hydrogens (tertiary/aromatic N) is 2. The van der Waals surface area contributed by atoms with Gasteiger partial charge >= 0.3 is 6.18 Å². The number of hydrogen-bond acceptors (Lipinski definition) is 6. The predicted octanol–water partition coefficient (Wildman–Crippen LogP) is 2.74. The molecule has 1 aromatic rings. The molecule has 0 bridgehead atoms. The first kappa shape index (κ1) is 17.1. The topological polar surface area (TPSA) is 70.0 Å². The Morgan fingerprint density at radius 3 is 2.70 bits per heavy atom. The Bertz CT molecular complexity index is 812. The largest absolute Gasteiger partial charge is 0.438 e. The smallest absolute Gasteiger partial charge is 0.362 e. The average Bonchev–Trinajstić information content (AvgIpc) is 2.71. The van der Waals surface area contributed by atoms with Crippen LogP contribution in [-0.2, 0) is 9.84 Å². The Balaban J connectivity index is 2.20. The van der Waals surface area contributed by atoms with Crippen LogP contribution in [0.1, 0.15) is 6.42 Å². The molecule has 0 spiro atoms. The number of thioether (sulfide) groups is 1. The van der Waals surface area contributed by atoms with E-state index in [-0.39, 0.29) is 5.17 Å². The summed E-state index contributed by atoms with van der Waals surface area (Å²) in [6.07, 6.45) is -5.29. The third-order valence-corrected chi connectivity index (χ3v) is 6.44. The van der Waals surface area contributed by atoms with Gasteiger partial charge in [-0.05, 0) is 30.0 Å². The number of halogens is 4. The number of alkyl halides is 3. The van der Waals surface area contributed by atoms with Gasteiger partial charge in [0.25, 0.3) is 5.72 Å². The van der Waals surface area contributed by atoms with Crippen molar-refractivity contribution in [2.75, 3.05) is 11.2 Å². The van der Waals surface area contributed by atoms with Crippen LogP contribution in [0.25, 0.3) is 0 Å². The fraction of sp³-hybridized carbons (Fsp3) is 0.417. The summed E-state index contributed by atoms with van der Waals surface area (Å²) in [7, 11) is -3.90. The van der Waals surface area contributed by atoms with Gasteiger partial charge in [-0.2, -0.15) is 13.2 Å². The number of benzene rings is 1. The summed E-state index contributed by atoms with van der Waals surface area (Å²) < 4.78 is 64.2. The van der Waals surface area contributed by atoms with Gasteiger partial charge in [-0.25, -0.2) is 13.4 Å². The van der Waals surface area contributed by atoms with Gasteiger partial charge in [0.1, 0.15) is 5.37 Å². The zero-order valence-corrected chi connectivity index (χ0v) is 14.7. The van der Waals surface area contributed by atoms with E-state index in [4.69, 9.17) is 0 Å². The lowest BCUT2D eigenvalue weighted by Crippen LogP contribution is -2.57. The Morgan fingerprint density at radius 1 is 1.48 bits per heavy atom. The predicted molar refractivity (Wildman–Crippen MR) is 84.2 cm³/mol. The zero-order valence-electron chi connectivity index (χ0n) is 11.5. The van der Waals surface area contributed by atoms with E-state index in [0.717, 1.165) is 18.0 Å². The molecule has 0 radical (unpaired) electrons. The van der Waals surface area contributed by atoms with Crippen LogP contribution in [0.2, 0.25) is 0 Å². The lowest BCUT2D eigenvalue weighted by atomic mass is 10.1. The molecule has 0 amide bonds. The van der Waals surface area contributed by atoms with Crippen molar-refractivity contribution in [3.63, 3.8) is 0 Å². The van der Waals surface area contributed by atoms with Crippen LogP contribution in [0.15, 0.2) is 32.6 Å². The van der Waals surface area contributed by atoms with Gasteiger partial charge in [0.15, 0.2) is 15.0 Å². The molecular weight excluding hydrogens is 421 g/mol. The van der Waals surface area contributed by atoms with E-state index >= 15 is 0 Å². The fourth-order valence-corrected chi connectivity index (χ4v) is 5.32. The second-order valence-corrected chi connectivity index (χ2v) is 9.41. The highest BCUT2D eigenvalue weighted by molar-refractivity contribution is 9.10. The number of aliphatic imine (C=N–C) groups is 1. The van der Waals surface area contributed by atoms with Crippen LogP contribution >= 0.6 is 27.7 Å². The van der Waals surface area contributed by atoms with Crippen molar-refractivity contribution in [1.82, 2.24) is 0 Å². The van der Waals surface area contributed by atoms with Crippen molar-refractivity contribution in [2.24, 2.45) is 4.99 Å². The summed E-state index contributed by atoms with van der Waals surface area (Å²) in [5.74, 6) is 0. The van der Waals surface area contributed by atoms with E-state index < -0.39 is 33.5 Å². The molecule has 0 aromatic heterocycles. The first-order valence-electron chi connectivity index (χ1n) is 6.27. The van der Waals surface area contributed by atoms with E-state index in [1.807, 2.05) is 0 Å². The van der Waals surface area contributed by atoms with E-state index in [1.165, 1.54) is 4.90 Å². The zero-order chi connectivity index (χ0) is 17.2. The fourth-order valence-electron chi connectivity index (χ4n) is 2.43. The molecule has 23 heavy (non-hydrogen) atoms. The molecule has 1 aromatic carbocycles. The van der Waals surface area contributed by atoms with E-state index in [2.05, 4.69) is 20.9 Å². The second-order valence-electron chi connectivity index (χ2n) is 5.28. The van der Waals surface area contributed by atoms with Gasteiger partial charge < -0.3 is 10.0 Å². The van der Waals surface area contributed by atoms with Gasteiger partial charge in [0.2, 0.25) is 0 Å². The Morgan fingerprint density at radius 2 is 2.13 bits per heavy atom. The van der Waals surface area contributed by atoms with Crippen molar-refractivity contribution >= 4 is 48.4 Å². The van der Waals surface area contributed by atoms with Crippen LogP contribution in [0.4, 0.5) is 18.9 Å². The molecule has 11 heteroatoms. The molecule has 5 nitrogen and oxygen atoms in total. The number of fused-ring (bicyclic) bond motifs is 3. The third-order valence-electron chi connectivity index (χ3n) is 3.56. The van der Waals surface area contributed by atoms with E-state index in [1.54, 1.807) is 18.2 Å². The molecule has 0 unspecified atom stereocenters. The molecule has 2 aliphatic rings. The second kappa shape index (κ2) is 5.11. The van der Waals surface area contributed by atoms with Gasteiger partial charge in [0, 0.05) is 22.0 Å². The average molecular weight is 431 g/mol. The first-order valence-corrected chi connectivity index (χ1v) is 9.83. The molecule has 0 saturated carbocycles. The Kier molecular flexibility index (Phi) is 3.79. The minimum atomic E-state index is -5.06. The van der Waals surface area contributed by atoms with Gasteiger partial charge in [-0.3, -0.25) is 0 Å². The normalized spacial score (nSPS) is 27.5. The lowest BCUT2D eigenvalue weighted by Gasteiger charge is -2.39. The van der Waals surface area contributed by atoms with Crippen molar-refractivity contribution in [2.45, 2.75) is 28.6 Å². The summed E-state index contributed by atoms with van der Waals surface area (Å²) in [6.45, 7) is 0. The summed E-state index contributed by atoms with van der Waals surface area (Å²) in [5.41, 5.74) is -2.96. The molecule has 2 aliphatic heterocycles. The minimum Gasteiger partial charge on any atom is -0.362 e. The van der Waals surface area contributed by atoms with Crippen molar-refractivity contribution in [3.8, 4) is 0 Å². The number of anilines is 1. The molecule has 1 N–H and O–H groups in total. The molecular formula is C12H10BrF3N2O3S2. The maximum atomic E-state index is 13.2. The summed E-state index contributed by atoms with van der Waals surface area (Å²) in [5, 5.41) is 8.17. The summed E-state index contributed by atoms with van der Waals surface area (Å²) in [6, 6.07) is 4.92. The van der Waals surface area contributed by atoms with Gasteiger partial charge in [-0.1, -0.05) is 15.9 Å². The highest BCUT2D eigenvalue weighted by Crippen LogP contribution is 2.50. The van der Waals surface area contributed by atoms with E-state index in [0.29, 0.717) is 15.1 Å². The monoisotopic (exact) mass is 430 g/mol. The summed E-state index contributed by atoms with van der Waals surface area (Å²) in [4.78, 5) is 5.22. The highest BCUT2D eigenvalue weighted by atomic mass is 79.9. The van der Waals surface area contributed by atoms with Crippen LogP contribution in [0.3, 0.4) is 0 Å². The molecule has 0 aliphatic carbocycles. The maximum Gasteiger partial charge on any atom is 0.438 e. The van der Waals surface area contributed by atoms with Crippen LogP contribution in [-0.4, -0.2) is 42.2 Å². The number of sulfone groups is 1. The molecule has 3 rings (SSSR count). The number of amidine groups is 1. The van der Waals surface area contributed by atoms with Gasteiger partial charge in [-0.15, -0.1) is 0 Å². The van der Waals surface area contributed by atoms with Crippen molar-refractivity contribution < 1.29 is 26.7 Å². The quantitative estimate of drug-likeness (QED) is 0.741. The summed E-state index contributed by atoms with van der Waals surface area (Å²) >= 11 is 4.15. The van der Waals surface area contributed by atoms with Gasteiger partial charge in [0.05, 0.1) is 5.69 Å². The molecule has 2 heterocycles. The molecule has 0 fully saturated rings. The molecule has 126 valence electrons. The van der Waals surface area contributed by atoms with Crippen LogP contribution in [0.5, 0.6) is 0 Å². The SMILES string of the molecule is CS(=O)(=O)[C@@H]1C[C@@](O)(C(F)(F)F)N=C2Sc3cc(Br)ccc3N21. The number of hydrogen-bond donors (Lipinski definition) is 1. The Labute approximate surface area is 142 Å². The third kappa shape index (κ3) is 2.77. The number of aliphatic hydroxyl groups is 1. The molecule has 0 saturated heterocycles. The molecule has 2 atom stereocenters. The lowest BCUT2D eigenvalue weighted by molar-refractivity contribution is -0.259. The van der Waals surface area contributed by atoms with E-state index in [9.17, 15) is 26.7 Å². The Hall–Kier alpha value is -0.780.